The lowest BCUT2D eigenvalue weighted by atomic mass is 9.78. The Morgan fingerprint density at radius 1 is 1.25 bits per heavy atom. The van der Waals surface area contributed by atoms with Crippen LogP contribution >= 0.6 is 0 Å². The molecule has 1 N–H and O–H groups in total. The highest BCUT2D eigenvalue weighted by atomic mass is 16.6. The van der Waals surface area contributed by atoms with Crippen LogP contribution in [0.25, 0.3) is 0 Å². The SMILES string of the molecule is COC(=O)C1=C(C)NC(C)=C(C(C)=NOC(C)C)C1c1cccc([N+](=O)[O-])c1. The first-order chi connectivity index (χ1) is 13.2. The van der Waals surface area contributed by atoms with Gasteiger partial charge in [0, 0.05) is 35.0 Å². The molecule has 0 aromatic heterocycles. The first-order valence-electron chi connectivity index (χ1n) is 8.89. The van der Waals surface area contributed by atoms with E-state index in [-0.39, 0.29) is 11.8 Å². The van der Waals surface area contributed by atoms with E-state index in [1.165, 1.54) is 19.2 Å². The Morgan fingerprint density at radius 3 is 2.46 bits per heavy atom. The number of nitrogens with zero attached hydrogens (tertiary/aromatic N) is 2. The number of hydrogen-bond donors (Lipinski definition) is 1. The predicted molar refractivity (Wildman–Crippen MR) is 106 cm³/mol. The number of nitro benzene ring substituents is 1. The Hall–Kier alpha value is -3.16. The van der Waals surface area contributed by atoms with Crippen molar-refractivity contribution in [2.75, 3.05) is 7.11 Å². The second-order valence-electron chi connectivity index (χ2n) is 6.81. The number of nitro groups is 1. The van der Waals surface area contributed by atoms with Gasteiger partial charge in [-0.05, 0) is 40.2 Å². The van der Waals surface area contributed by atoms with Gasteiger partial charge in [-0.3, -0.25) is 10.1 Å². The summed E-state index contributed by atoms with van der Waals surface area (Å²) >= 11 is 0. The lowest BCUT2D eigenvalue weighted by Gasteiger charge is -2.31. The van der Waals surface area contributed by atoms with Gasteiger partial charge in [0.1, 0.15) is 6.10 Å². The standard InChI is InChI=1S/C20H25N3O5/c1-11(2)28-22-14(5)17-12(3)21-13(4)18(20(24)27-6)19(17)15-8-7-9-16(10-15)23(25)26/h7-11,19,21H,1-6H3. The average molecular weight is 387 g/mol. The Labute approximate surface area is 164 Å². The highest BCUT2D eigenvalue weighted by Gasteiger charge is 2.35. The summed E-state index contributed by atoms with van der Waals surface area (Å²) in [6, 6.07) is 6.24. The summed E-state index contributed by atoms with van der Waals surface area (Å²) in [5, 5.41) is 18.6. The number of dihydropyridines is 1. The molecule has 0 amide bonds. The molecule has 8 heteroatoms. The van der Waals surface area contributed by atoms with E-state index in [9.17, 15) is 14.9 Å². The smallest absolute Gasteiger partial charge is 0.336 e. The second kappa shape index (κ2) is 8.69. The van der Waals surface area contributed by atoms with Crippen LogP contribution in [0, 0.1) is 10.1 Å². The molecule has 1 aromatic rings. The first kappa shape index (κ1) is 21.1. The quantitative estimate of drug-likeness (QED) is 0.345. The summed E-state index contributed by atoms with van der Waals surface area (Å²) in [7, 11) is 1.31. The maximum absolute atomic E-state index is 12.6. The van der Waals surface area contributed by atoms with Gasteiger partial charge in [0.05, 0.1) is 23.3 Å². The van der Waals surface area contributed by atoms with Crippen molar-refractivity contribution in [2.45, 2.75) is 46.6 Å². The van der Waals surface area contributed by atoms with Crippen LogP contribution < -0.4 is 5.32 Å². The average Bonchev–Trinajstić information content (AvgIpc) is 2.65. The van der Waals surface area contributed by atoms with Crippen LogP contribution in [0.1, 0.15) is 46.1 Å². The van der Waals surface area contributed by atoms with E-state index in [1.54, 1.807) is 26.0 Å². The molecule has 0 spiro atoms. The van der Waals surface area contributed by atoms with Gasteiger partial charge in [-0.25, -0.2) is 4.79 Å². The number of benzene rings is 1. The van der Waals surface area contributed by atoms with Crippen LogP contribution in [-0.2, 0) is 14.4 Å². The number of esters is 1. The number of nitrogens with one attached hydrogen (secondary N) is 1. The number of carbonyl (C=O) groups excluding carboxylic acids is 1. The number of methoxy groups -OCH3 is 1. The molecule has 1 aliphatic heterocycles. The highest BCUT2D eigenvalue weighted by Crippen LogP contribution is 2.40. The van der Waals surface area contributed by atoms with Gasteiger partial charge in [-0.15, -0.1) is 0 Å². The fourth-order valence-corrected chi connectivity index (χ4v) is 3.24. The van der Waals surface area contributed by atoms with Gasteiger partial charge in [0.2, 0.25) is 0 Å². The van der Waals surface area contributed by atoms with E-state index in [1.807, 2.05) is 20.8 Å². The van der Waals surface area contributed by atoms with Crippen LogP contribution in [0.3, 0.4) is 0 Å². The monoisotopic (exact) mass is 387 g/mol. The van der Waals surface area contributed by atoms with Gasteiger partial charge < -0.3 is 14.9 Å². The normalized spacial score (nSPS) is 17.5. The number of oxime groups is 1. The van der Waals surface area contributed by atoms with Crippen molar-refractivity contribution in [2.24, 2.45) is 5.16 Å². The Bertz CT molecular complexity index is 884. The summed E-state index contributed by atoms with van der Waals surface area (Å²) < 4.78 is 4.99. The van der Waals surface area contributed by atoms with Crippen LogP contribution in [0.15, 0.2) is 52.0 Å². The Balaban J connectivity index is 2.70. The molecule has 1 aliphatic rings. The van der Waals surface area contributed by atoms with Gasteiger partial charge >= 0.3 is 5.97 Å². The van der Waals surface area contributed by atoms with E-state index in [4.69, 9.17) is 9.57 Å². The lowest BCUT2D eigenvalue weighted by molar-refractivity contribution is -0.384. The summed E-state index contributed by atoms with van der Waals surface area (Å²) in [6.07, 6.45) is -0.110. The molecule has 8 nitrogen and oxygen atoms in total. The molecule has 1 unspecified atom stereocenters. The topological polar surface area (TPSA) is 103 Å². The first-order valence-corrected chi connectivity index (χ1v) is 8.89. The van der Waals surface area contributed by atoms with Gasteiger partial charge in [-0.2, -0.15) is 0 Å². The molecule has 0 fully saturated rings. The third kappa shape index (κ3) is 4.39. The minimum absolute atomic E-state index is 0.0528. The third-order valence-corrected chi connectivity index (χ3v) is 4.37. The molecular weight excluding hydrogens is 362 g/mol. The second-order valence-corrected chi connectivity index (χ2v) is 6.81. The minimum atomic E-state index is -0.576. The summed E-state index contributed by atoms with van der Waals surface area (Å²) in [5.41, 5.74) is 3.63. The number of ether oxygens (including phenoxy) is 1. The molecule has 28 heavy (non-hydrogen) atoms. The number of non-ortho nitro benzene ring substituents is 1. The maximum atomic E-state index is 12.6. The van der Waals surface area contributed by atoms with E-state index >= 15 is 0 Å². The van der Waals surface area contributed by atoms with E-state index in [0.717, 1.165) is 5.70 Å². The molecule has 0 radical (unpaired) electrons. The molecule has 0 saturated heterocycles. The largest absolute Gasteiger partial charge is 0.466 e. The van der Waals surface area contributed by atoms with Gasteiger partial charge in [-0.1, -0.05) is 17.3 Å². The minimum Gasteiger partial charge on any atom is -0.466 e. The van der Waals surface area contributed by atoms with Crippen LogP contribution in [-0.4, -0.2) is 29.8 Å². The molecule has 1 atom stereocenters. The zero-order chi connectivity index (χ0) is 21.0. The van der Waals surface area contributed by atoms with Crippen LogP contribution in [0.4, 0.5) is 5.69 Å². The molecule has 1 heterocycles. The lowest BCUT2D eigenvalue weighted by Crippen LogP contribution is -2.31. The Morgan fingerprint density at radius 2 is 1.89 bits per heavy atom. The maximum Gasteiger partial charge on any atom is 0.336 e. The van der Waals surface area contributed by atoms with Crippen molar-refractivity contribution < 1.29 is 19.3 Å². The predicted octanol–water partition coefficient (Wildman–Crippen LogP) is 3.80. The van der Waals surface area contributed by atoms with E-state index in [0.29, 0.717) is 28.1 Å². The van der Waals surface area contributed by atoms with Crippen molar-refractivity contribution in [1.82, 2.24) is 5.32 Å². The zero-order valence-electron chi connectivity index (χ0n) is 16.9. The van der Waals surface area contributed by atoms with Crippen molar-refractivity contribution >= 4 is 17.4 Å². The number of rotatable bonds is 6. The summed E-state index contributed by atoms with van der Waals surface area (Å²) in [5.74, 6) is -1.09. The van der Waals surface area contributed by atoms with Crippen molar-refractivity contribution in [1.29, 1.82) is 0 Å². The molecule has 0 saturated carbocycles. The van der Waals surface area contributed by atoms with Crippen molar-refractivity contribution in [3.63, 3.8) is 0 Å². The highest BCUT2D eigenvalue weighted by molar-refractivity contribution is 6.04. The van der Waals surface area contributed by atoms with Crippen LogP contribution in [0.5, 0.6) is 0 Å². The van der Waals surface area contributed by atoms with Crippen LogP contribution in [0.2, 0.25) is 0 Å². The van der Waals surface area contributed by atoms with Gasteiger partial charge in [0.25, 0.3) is 5.69 Å². The van der Waals surface area contributed by atoms with Crippen molar-refractivity contribution in [3.8, 4) is 0 Å². The fourth-order valence-electron chi connectivity index (χ4n) is 3.24. The molecule has 2 rings (SSSR count). The fraction of sp³-hybridized carbons (Fsp3) is 0.400. The zero-order valence-corrected chi connectivity index (χ0v) is 16.9. The third-order valence-electron chi connectivity index (χ3n) is 4.37. The number of allylic oxidation sites excluding steroid dienone is 3. The summed E-state index contributed by atoms with van der Waals surface area (Å²) in [6.45, 7) is 9.14. The number of carbonyl (C=O) groups is 1. The van der Waals surface area contributed by atoms with E-state index < -0.39 is 16.8 Å². The summed E-state index contributed by atoms with van der Waals surface area (Å²) in [4.78, 5) is 28.8. The van der Waals surface area contributed by atoms with Crippen molar-refractivity contribution in [3.05, 3.63) is 62.5 Å². The molecule has 0 aliphatic carbocycles. The number of hydrogen-bond acceptors (Lipinski definition) is 7. The molecule has 1 aromatic carbocycles. The van der Waals surface area contributed by atoms with E-state index in [2.05, 4.69) is 10.5 Å². The van der Waals surface area contributed by atoms with Gasteiger partial charge in [0.15, 0.2) is 0 Å². The molecule has 150 valence electrons. The molecule has 0 bridgehead atoms. The molecular formula is C20H25N3O5. The Kier molecular flexibility index (Phi) is 6.56.